The van der Waals surface area contributed by atoms with E-state index in [1.807, 2.05) is 6.92 Å². The summed E-state index contributed by atoms with van der Waals surface area (Å²) in [7, 11) is 0. The van der Waals surface area contributed by atoms with Gasteiger partial charge in [-0.15, -0.1) is 0 Å². The summed E-state index contributed by atoms with van der Waals surface area (Å²) in [6.45, 7) is 2.03. The van der Waals surface area contributed by atoms with E-state index in [4.69, 9.17) is 11.6 Å². The largest absolute Gasteiger partial charge is 0.345 e. The Balaban J connectivity index is 2.98. The Labute approximate surface area is 137 Å². The summed E-state index contributed by atoms with van der Waals surface area (Å²) in [5.41, 5.74) is 0.175. The van der Waals surface area contributed by atoms with Crippen molar-refractivity contribution in [3.8, 4) is 0 Å². The maximum atomic E-state index is 12.3. The van der Waals surface area contributed by atoms with Gasteiger partial charge in [0.15, 0.2) is 0 Å². The average molecular weight is 462 g/mol. The number of rotatable bonds is 5. The highest BCUT2D eigenvalue weighted by molar-refractivity contribution is 9.10. The van der Waals surface area contributed by atoms with E-state index >= 15 is 0 Å². The minimum absolute atomic E-state index is 0.165. The van der Waals surface area contributed by atoms with E-state index in [0.29, 0.717) is 21.2 Å². The highest BCUT2D eigenvalue weighted by atomic mass is 79.9. The van der Waals surface area contributed by atoms with Gasteiger partial charge in [0.1, 0.15) is 0 Å². The molecule has 0 atom stereocenters. The summed E-state index contributed by atoms with van der Waals surface area (Å²) in [5.74, 6) is -0.165. The van der Waals surface area contributed by atoms with Gasteiger partial charge < -0.3 is 5.32 Å². The second-order valence-electron chi connectivity index (χ2n) is 3.96. The van der Waals surface area contributed by atoms with Gasteiger partial charge in [-0.3, -0.25) is 4.79 Å². The van der Waals surface area contributed by atoms with Gasteiger partial charge in [-0.2, -0.15) is 0 Å². The quantitative estimate of drug-likeness (QED) is 0.628. The topological polar surface area (TPSA) is 29.1 Å². The zero-order valence-corrected chi connectivity index (χ0v) is 15.3. The van der Waals surface area contributed by atoms with Crippen LogP contribution < -0.4 is 5.32 Å². The SMILES string of the molecule is CCC(CBr)(CBr)NC(=O)c1cccc(Br)c1Cl. The lowest BCUT2D eigenvalue weighted by atomic mass is 10.0. The zero-order chi connectivity index (χ0) is 13.8. The lowest BCUT2D eigenvalue weighted by Crippen LogP contribution is -2.51. The third kappa shape index (κ3) is 3.71. The first-order valence-electron chi connectivity index (χ1n) is 5.38. The van der Waals surface area contributed by atoms with Crippen LogP contribution in [0.25, 0.3) is 0 Å². The van der Waals surface area contributed by atoms with Gasteiger partial charge in [0, 0.05) is 15.1 Å². The number of hydrogen-bond acceptors (Lipinski definition) is 1. The third-order valence-corrected chi connectivity index (χ3v) is 6.21. The van der Waals surface area contributed by atoms with E-state index in [2.05, 4.69) is 53.1 Å². The predicted octanol–water partition coefficient (Wildman–Crippen LogP) is 4.77. The van der Waals surface area contributed by atoms with Gasteiger partial charge in [0.05, 0.1) is 16.1 Å². The summed E-state index contributed by atoms with van der Waals surface area (Å²) < 4.78 is 0.719. The van der Waals surface area contributed by atoms with Crippen LogP contribution in [0.3, 0.4) is 0 Å². The number of nitrogens with one attached hydrogen (secondary N) is 1. The van der Waals surface area contributed by atoms with Crippen LogP contribution in [0.5, 0.6) is 0 Å². The fourth-order valence-corrected chi connectivity index (χ4v) is 3.95. The second-order valence-corrected chi connectivity index (χ2v) is 6.31. The Morgan fingerprint density at radius 1 is 1.39 bits per heavy atom. The molecule has 6 heteroatoms. The molecule has 0 radical (unpaired) electrons. The van der Waals surface area contributed by atoms with Crippen LogP contribution in [0.2, 0.25) is 5.02 Å². The first-order chi connectivity index (χ1) is 8.49. The van der Waals surface area contributed by atoms with Crippen LogP contribution in [0.15, 0.2) is 22.7 Å². The Bertz CT molecular complexity index is 427. The van der Waals surface area contributed by atoms with Crippen molar-refractivity contribution in [3.63, 3.8) is 0 Å². The van der Waals surface area contributed by atoms with Crippen LogP contribution in [0.4, 0.5) is 0 Å². The fraction of sp³-hybridized carbons (Fsp3) is 0.417. The molecule has 0 fully saturated rings. The smallest absolute Gasteiger partial charge is 0.253 e. The third-order valence-electron chi connectivity index (χ3n) is 2.76. The fourth-order valence-electron chi connectivity index (χ4n) is 1.37. The summed E-state index contributed by atoms with van der Waals surface area (Å²) >= 11 is 16.3. The van der Waals surface area contributed by atoms with Gasteiger partial charge >= 0.3 is 0 Å². The van der Waals surface area contributed by atoms with Crippen molar-refractivity contribution >= 4 is 65.3 Å². The van der Waals surface area contributed by atoms with E-state index in [-0.39, 0.29) is 11.4 Å². The van der Waals surface area contributed by atoms with Gasteiger partial charge in [0.25, 0.3) is 5.91 Å². The van der Waals surface area contributed by atoms with E-state index < -0.39 is 0 Å². The van der Waals surface area contributed by atoms with Crippen molar-refractivity contribution in [2.24, 2.45) is 0 Å². The molecule has 0 aliphatic heterocycles. The van der Waals surface area contributed by atoms with Crippen molar-refractivity contribution in [1.82, 2.24) is 5.32 Å². The van der Waals surface area contributed by atoms with E-state index in [1.165, 1.54) is 0 Å². The maximum absolute atomic E-state index is 12.3. The van der Waals surface area contributed by atoms with Crippen LogP contribution in [0, 0.1) is 0 Å². The van der Waals surface area contributed by atoms with Crippen molar-refractivity contribution in [2.75, 3.05) is 10.7 Å². The van der Waals surface area contributed by atoms with Crippen molar-refractivity contribution in [2.45, 2.75) is 18.9 Å². The molecule has 0 aliphatic rings. The molecule has 18 heavy (non-hydrogen) atoms. The molecule has 1 rings (SSSR count). The average Bonchev–Trinajstić information content (AvgIpc) is 2.39. The number of halogens is 4. The number of carbonyl (C=O) groups is 1. The molecular formula is C12H13Br3ClNO. The standard InChI is InChI=1S/C12H13Br3ClNO/c1-2-12(6-13,7-14)17-11(18)8-4-3-5-9(15)10(8)16/h3-5H,2,6-7H2,1H3,(H,17,18). The van der Waals surface area contributed by atoms with Crippen LogP contribution >= 0.6 is 59.4 Å². The van der Waals surface area contributed by atoms with Crippen LogP contribution in [0.1, 0.15) is 23.7 Å². The minimum Gasteiger partial charge on any atom is -0.345 e. The minimum atomic E-state index is -0.303. The van der Waals surface area contributed by atoms with E-state index in [9.17, 15) is 4.79 Å². The van der Waals surface area contributed by atoms with E-state index in [0.717, 1.165) is 10.9 Å². The monoisotopic (exact) mass is 459 g/mol. The van der Waals surface area contributed by atoms with Crippen LogP contribution in [-0.2, 0) is 0 Å². The van der Waals surface area contributed by atoms with Gasteiger partial charge in [-0.25, -0.2) is 0 Å². The molecule has 0 aromatic heterocycles. The molecule has 0 heterocycles. The summed E-state index contributed by atoms with van der Waals surface area (Å²) in [6, 6.07) is 5.31. The highest BCUT2D eigenvalue weighted by Crippen LogP contribution is 2.27. The van der Waals surface area contributed by atoms with Crippen molar-refractivity contribution < 1.29 is 4.79 Å². The Morgan fingerprint density at radius 3 is 2.50 bits per heavy atom. The normalized spacial score (nSPS) is 11.4. The van der Waals surface area contributed by atoms with Crippen molar-refractivity contribution in [1.29, 1.82) is 0 Å². The summed E-state index contributed by atoms with van der Waals surface area (Å²) in [6.07, 6.45) is 0.820. The highest BCUT2D eigenvalue weighted by Gasteiger charge is 2.28. The molecule has 0 unspecified atom stereocenters. The molecule has 1 amide bonds. The maximum Gasteiger partial charge on any atom is 0.253 e. The zero-order valence-electron chi connectivity index (χ0n) is 9.77. The number of amides is 1. The molecule has 1 N–H and O–H groups in total. The first kappa shape index (κ1) is 16.5. The van der Waals surface area contributed by atoms with Crippen molar-refractivity contribution in [3.05, 3.63) is 33.3 Å². The predicted molar refractivity (Wildman–Crippen MR) is 87.2 cm³/mol. The number of benzene rings is 1. The molecule has 100 valence electrons. The molecule has 1 aromatic carbocycles. The number of hydrogen-bond donors (Lipinski definition) is 1. The lowest BCUT2D eigenvalue weighted by Gasteiger charge is -2.30. The van der Waals surface area contributed by atoms with Gasteiger partial charge in [-0.05, 0) is 34.5 Å². The molecule has 0 saturated heterocycles. The molecule has 0 bridgehead atoms. The number of carbonyl (C=O) groups excluding carboxylic acids is 1. The van der Waals surface area contributed by atoms with Gasteiger partial charge in [-0.1, -0.05) is 56.5 Å². The summed E-state index contributed by atoms with van der Waals surface area (Å²) in [5, 5.41) is 4.82. The number of alkyl halides is 2. The molecule has 2 nitrogen and oxygen atoms in total. The molecule has 0 spiro atoms. The van der Waals surface area contributed by atoms with Gasteiger partial charge in [0.2, 0.25) is 0 Å². The van der Waals surface area contributed by atoms with E-state index in [1.54, 1.807) is 18.2 Å². The molecule has 1 aromatic rings. The molecular weight excluding hydrogens is 449 g/mol. The Hall–Kier alpha value is 0.420. The second kappa shape index (κ2) is 7.27. The molecule has 0 saturated carbocycles. The Morgan fingerprint density at radius 2 is 2.00 bits per heavy atom. The first-order valence-corrected chi connectivity index (χ1v) is 8.79. The molecule has 0 aliphatic carbocycles. The summed E-state index contributed by atoms with van der Waals surface area (Å²) in [4.78, 5) is 12.3. The lowest BCUT2D eigenvalue weighted by molar-refractivity contribution is 0.0915. The Kier molecular flexibility index (Phi) is 6.65. The van der Waals surface area contributed by atoms with Crippen LogP contribution in [-0.4, -0.2) is 22.1 Å².